The van der Waals surface area contributed by atoms with Crippen LogP contribution in [0, 0.1) is 0 Å². The number of nitrogens with one attached hydrogen (secondary N) is 1. The molecule has 0 bridgehead atoms. The third-order valence-electron chi connectivity index (χ3n) is 15.0. The van der Waals surface area contributed by atoms with Gasteiger partial charge in [0, 0.05) is 6.42 Å². The average molecular weight is 1090 g/mol. The summed E-state index contributed by atoms with van der Waals surface area (Å²) in [6.07, 6.45) is 57.0. The number of hydrogen-bond donors (Lipinski definition) is 6. The van der Waals surface area contributed by atoms with Crippen molar-refractivity contribution in [2.75, 3.05) is 13.2 Å². The lowest BCUT2D eigenvalue weighted by Crippen LogP contribution is -2.61. The summed E-state index contributed by atoms with van der Waals surface area (Å²) in [5.41, 5.74) is 0. The Balaban J connectivity index is 2.61. The molecule has 0 aliphatic carbocycles. The summed E-state index contributed by atoms with van der Waals surface area (Å²) in [5, 5.41) is 56.9. The second-order valence-electron chi connectivity index (χ2n) is 22.2. The normalized spacial score (nSPS) is 19.4. The van der Waals surface area contributed by atoms with Gasteiger partial charge in [-0.1, -0.05) is 268 Å². The Morgan fingerprint density at radius 1 is 0.519 bits per heavy atom. The maximum atomic E-state index is 13.4. The number of hydrogen-bond acceptors (Lipinski definition) is 10. The van der Waals surface area contributed by atoms with E-state index < -0.39 is 67.4 Å². The van der Waals surface area contributed by atoms with Crippen LogP contribution in [0.4, 0.5) is 0 Å². The zero-order chi connectivity index (χ0) is 56.1. The van der Waals surface area contributed by atoms with Gasteiger partial charge in [0.1, 0.15) is 24.4 Å². The fourth-order valence-electron chi connectivity index (χ4n) is 9.88. The van der Waals surface area contributed by atoms with Gasteiger partial charge in [-0.2, -0.15) is 0 Å². The average Bonchev–Trinajstić information content (AvgIpc) is 3.43. The van der Waals surface area contributed by atoms with E-state index in [1.54, 1.807) is 6.08 Å². The highest BCUT2D eigenvalue weighted by atomic mass is 16.7. The lowest BCUT2D eigenvalue weighted by Gasteiger charge is -2.41. The fourth-order valence-corrected chi connectivity index (χ4v) is 9.88. The number of aliphatic hydroxyl groups is 5. The van der Waals surface area contributed by atoms with Crippen molar-refractivity contribution in [3.8, 4) is 0 Å². The van der Waals surface area contributed by atoms with Gasteiger partial charge in [0.2, 0.25) is 5.91 Å². The highest BCUT2D eigenvalue weighted by molar-refractivity contribution is 5.80. The second-order valence-corrected chi connectivity index (χ2v) is 22.2. The first-order chi connectivity index (χ1) is 37.7. The molecule has 448 valence electrons. The number of carbonyl (C=O) groups excluding carboxylic acids is 2. The van der Waals surface area contributed by atoms with E-state index in [4.69, 9.17) is 14.2 Å². The van der Waals surface area contributed by atoms with Crippen molar-refractivity contribution in [2.24, 2.45) is 0 Å². The Morgan fingerprint density at radius 3 is 1.43 bits per heavy atom. The standard InChI is InChI=1S/C66H119NO10/c1-4-7-10-13-16-19-22-25-26-27-28-29-30-31-32-33-34-36-39-42-45-48-51-54-61(71)77-64-63(73)62(72)60(55-68)76-66(64)75-56-57(58(69)52-49-46-43-40-38-35-23-20-17-14-11-8-5-2)67-65(74)59(70)53-50-47-44-41-37-24-21-18-15-12-9-6-3/h9,12,15,18,21,24-26,49,52,57-60,62-64,66,68-70,72-73H,4-8,10-11,13-14,16-17,19-20,22-23,27-48,50-51,53-56H2,1-3H3,(H,67,74)/b12-9+,18-15+,24-21-,26-25+,52-49+. The van der Waals surface area contributed by atoms with Crippen LogP contribution in [0.25, 0.3) is 0 Å². The van der Waals surface area contributed by atoms with Gasteiger partial charge < -0.3 is 45.1 Å². The monoisotopic (exact) mass is 1090 g/mol. The number of ether oxygens (including phenoxy) is 3. The molecule has 0 aromatic carbocycles. The van der Waals surface area contributed by atoms with Crippen LogP contribution in [-0.4, -0.2) is 99.6 Å². The molecule has 1 saturated heterocycles. The van der Waals surface area contributed by atoms with Gasteiger partial charge in [0.05, 0.1) is 25.4 Å². The van der Waals surface area contributed by atoms with Crippen molar-refractivity contribution in [2.45, 2.75) is 333 Å². The lowest BCUT2D eigenvalue weighted by atomic mass is 9.99. The minimum atomic E-state index is -1.62. The van der Waals surface area contributed by atoms with Crippen LogP contribution in [0.5, 0.6) is 0 Å². The van der Waals surface area contributed by atoms with Gasteiger partial charge in [-0.3, -0.25) is 9.59 Å². The molecule has 1 aliphatic heterocycles. The number of amides is 1. The molecule has 1 aliphatic rings. The van der Waals surface area contributed by atoms with E-state index >= 15 is 0 Å². The number of allylic oxidation sites excluding steroid dienone is 9. The zero-order valence-corrected chi connectivity index (χ0v) is 49.6. The van der Waals surface area contributed by atoms with Crippen molar-refractivity contribution < 1.29 is 49.3 Å². The van der Waals surface area contributed by atoms with E-state index in [2.05, 4.69) is 50.4 Å². The Hall–Kier alpha value is -2.64. The molecule has 0 aromatic rings. The molecular formula is C66H119NO10. The van der Waals surface area contributed by atoms with Crippen LogP contribution in [0.15, 0.2) is 60.8 Å². The van der Waals surface area contributed by atoms with Crippen LogP contribution in [-0.2, 0) is 23.8 Å². The molecule has 1 heterocycles. The summed E-state index contributed by atoms with van der Waals surface area (Å²) < 4.78 is 17.6. The van der Waals surface area contributed by atoms with E-state index in [-0.39, 0.29) is 19.4 Å². The van der Waals surface area contributed by atoms with Crippen molar-refractivity contribution in [1.29, 1.82) is 0 Å². The molecule has 11 nitrogen and oxygen atoms in total. The maximum absolute atomic E-state index is 13.4. The molecular weight excluding hydrogens is 967 g/mol. The molecule has 1 amide bonds. The molecule has 1 fully saturated rings. The van der Waals surface area contributed by atoms with Crippen LogP contribution >= 0.6 is 0 Å². The Morgan fingerprint density at radius 2 is 0.948 bits per heavy atom. The largest absolute Gasteiger partial charge is 0.454 e. The van der Waals surface area contributed by atoms with E-state index in [9.17, 15) is 35.1 Å². The molecule has 0 spiro atoms. The summed E-state index contributed by atoms with van der Waals surface area (Å²) in [6, 6.07) is -1.03. The maximum Gasteiger partial charge on any atom is 0.306 e. The molecule has 0 radical (unpaired) electrons. The topological polar surface area (TPSA) is 175 Å². The Bertz CT molecular complexity index is 1480. The van der Waals surface area contributed by atoms with E-state index in [0.29, 0.717) is 12.8 Å². The highest BCUT2D eigenvalue weighted by Gasteiger charge is 2.47. The van der Waals surface area contributed by atoms with Gasteiger partial charge in [0.15, 0.2) is 12.4 Å². The van der Waals surface area contributed by atoms with Crippen molar-refractivity contribution in [3.05, 3.63) is 60.8 Å². The Labute approximate surface area is 471 Å². The van der Waals surface area contributed by atoms with Crippen LogP contribution in [0.1, 0.15) is 284 Å². The number of aliphatic hydroxyl groups excluding tert-OH is 5. The molecule has 0 aromatic heterocycles. The van der Waals surface area contributed by atoms with E-state index in [0.717, 1.165) is 70.6 Å². The first-order valence-corrected chi connectivity index (χ1v) is 32.1. The van der Waals surface area contributed by atoms with Gasteiger partial charge in [0.25, 0.3) is 0 Å². The van der Waals surface area contributed by atoms with Crippen molar-refractivity contribution in [3.63, 3.8) is 0 Å². The van der Waals surface area contributed by atoms with Gasteiger partial charge in [-0.15, -0.1) is 0 Å². The second kappa shape index (κ2) is 54.0. The quantitative estimate of drug-likeness (QED) is 0.0149. The van der Waals surface area contributed by atoms with Crippen LogP contribution < -0.4 is 5.32 Å². The predicted octanol–water partition coefficient (Wildman–Crippen LogP) is 15.4. The first-order valence-electron chi connectivity index (χ1n) is 32.1. The third-order valence-corrected chi connectivity index (χ3v) is 15.0. The molecule has 0 saturated carbocycles. The predicted molar refractivity (Wildman–Crippen MR) is 320 cm³/mol. The minimum absolute atomic E-state index is 0.121. The van der Waals surface area contributed by atoms with E-state index in [1.807, 2.05) is 30.4 Å². The molecule has 1 rings (SSSR count). The molecule has 77 heavy (non-hydrogen) atoms. The highest BCUT2D eigenvalue weighted by Crippen LogP contribution is 2.26. The van der Waals surface area contributed by atoms with Crippen molar-refractivity contribution >= 4 is 11.9 Å². The van der Waals surface area contributed by atoms with Crippen LogP contribution in [0.3, 0.4) is 0 Å². The first kappa shape index (κ1) is 72.4. The van der Waals surface area contributed by atoms with Crippen LogP contribution in [0.2, 0.25) is 0 Å². The smallest absolute Gasteiger partial charge is 0.306 e. The third kappa shape index (κ3) is 42.0. The molecule has 6 N–H and O–H groups in total. The summed E-state index contributed by atoms with van der Waals surface area (Å²) in [6.45, 7) is 5.65. The van der Waals surface area contributed by atoms with Crippen molar-refractivity contribution in [1.82, 2.24) is 5.32 Å². The number of unbranched alkanes of at least 4 members (excludes halogenated alkanes) is 34. The number of carbonyl (C=O) groups is 2. The number of rotatable bonds is 54. The lowest BCUT2D eigenvalue weighted by molar-refractivity contribution is -0.305. The zero-order valence-electron chi connectivity index (χ0n) is 49.6. The summed E-state index contributed by atoms with van der Waals surface area (Å²) in [5.74, 6) is -1.21. The minimum Gasteiger partial charge on any atom is -0.454 e. The summed E-state index contributed by atoms with van der Waals surface area (Å²) >= 11 is 0. The number of esters is 1. The summed E-state index contributed by atoms with van der Waals surface area (Å²) in [4.78, 5) is 26.5. The fraction of sp³-hybridized carbons (Fsp3) is 0.818. The van der Waals surface area contributed by atoms with E-state index in [1.165, 1.54) is 167 Å². The van der Waals surface area contributed by atoms with Gasteiger partial charge in [-0.05, 0) is 70.6 Å². The van der Waals surface area contributed by atoms with Gasteiger partial charge >= 0.3 is 5.97 Å². The Kier molecular flexibility index (Phi) is 50.7. The SMILES string of the molecule is CC/C=C/C=C/C=C\CCCCCCC(O)C(=O)NC(COC1OC(CO)C(O)C(O)C1OC(=O)CCCCCCCCCCCCCCC/C=C/CCCCCCCC)C(O)/C=C/CCCCCCCCCCCCC. The molecule has 8 atom stereocenters. The molecule has 8 unspecified atom stereocenters. The van der Waals surface area contributed by atoms with Gasteiger partial charge in [-0.25, -0.2) is 0 Å². The summed E-state index contributed by atoms with van der Waals surface area (Å²) in [7, 11) is 0. The molecule has 11 heteroatoms.